The fourth-order valence-electron chi connectivity index (χ4n) is 2.14. The Labute approximate surface area is 130 Å². The zero-order valence-electron chi connectivity index (χ0n) is 12.9. The average Bonchev–Trinajstić information content (AvgIpc) is 2.47. The number of hydrogen-bond acceptors (Lipinski definition) is 3. The minimum Gasteiger partial charge on any atom is -0.449 e. The van der Waals surface area contributed by atoms with Crippen molar-refractivity contribution >= 4 is 17.6 Å². The molecule has 0 bridgehead atoms. The Morgan fingerprint density at radius 2 is 1.59 bits per heavy atom. The van der Waals surface area contributed by atoms with Crippen molar-refractivity contribution < 1.29 is 14.3 Å². The topological polar surface area (TPSA) is 55.4 Å². The molecule has 0 unspecified atom stereocenters. The van der Waals surface area contributed by atoms with Gasteiger partial charge >= 0.3 is 5.97 Å². The van der Waals surface area contributed by atoms with E-state index in [0.717, 1.165) is 11.1 Å². The first-order valence-corrected chi connectivity index (χ1v) is 7.11. The molecule has 1 N–H and O–H groups in total. The molecule has 1 atom stereocenters. The lowest BCUT2D eigenvalue weighted by Gasteiger charge is -2.14. The summed E-state index contributed by atoms with van der Waals surface area (Å²) in [5, 5.41) is 2.71. The van der Waals surface area contributed by atoms with Crippen molar-refractivity contribution in [3.8, 4) is 0 Å². The maximum atomic E-state index is 12.1. The van der Waals surface area contributed by atoms with Crippen molar-refractivity contribution in [1.82, 2.24) is 0 Å². The van der Waals surface area contributed by atoms with Crippen LogP contribution in [0.1, 0.15) is 28.4 Å². The van der Waals surface area contributed by atoms with Crippen molar-refractivity contribution in [2.75, 3.05) is 5.32 Å². The van der Waals surface area contributed by atoms with Crippen LogP contribution in [-0.2, 0) is 9.53 Å². The molecule has 0 saturated heterocycles. The van der Waals surface area contributed by atoms with Gasteiger partial charge in [0.1, 0.15) is 0 Å². The van der Waals surface area contributed by atoms with Gasteiger partial charge in [-0.05, 0) is 45.0 Å². The predicted octanol–water partition coefficient (Wildman–Crippen LogP) is 3.49. The van der Waals surface area contributed by atoms with Crippen LogP contribution >= 0.6 is 0 Å². The summed E-state index contributed by atoms with van der Waals surface area (Å²) in [6.07, 6.45) is -0.867. The second-order valence-electron chi connectivity index (χ2n) is 5.28. The van der Waals surface area contributed by atoms with Crippen LogP contribution in [0.2, 0.25) is 0 Å². The van der Waals surface area contributed by atoms with E-state index < -0.39 is 12.1 Å². The first-order valence-electron chi connectivity index (χ1n) is 7.11. The third-order valence-corrected chi connectivity index (χ3v) is 3.15. The SMILES string of the molecule is Cc1cc(C)cc(C(=O)O[C@@H](C)C(=O)Nc2ccccc2)c1. The van der Waals surface area contributed by atoms with Gasteiger partial charge in [-0.2, -0.15) is 0 Å². The lowest BCUT2D eigenvalue weighted by molar-refractivity contribution is -0.123. The highest BCUT2D eigenvalue weighted by Crippen LogP contribution is 2.12. The van der Waals surface area contributed by atoms with Crippen LogP contribution in [0.3, 0.4) is 0 Å². The summed E-state index contributed by atoms with van der Waals surface area (Å²) in [5.41, 5.74) is 3.08. The van der Waals surface area contributed by atoms with Gasteiger partial charge in [0.25, 0.3) is 5.91 Å². The number of carbonyl (C=O) groups excluding carboxylic acids is 2. The lowest BCUT2D eigenvalue weighted by Crippen LogP contribution is -2.30. The number of aryl methyl sites for hydroxylation is 2. The Hall–Kier alpha value is -2.62. The van der Waals surface area contributed by atoms with Gasteiger partial charge in [0.2, 0.25) is 0 Å². The number of benzene rings is 2. The summed E-state index contributed by atoms with van der Waals surface area (Å²) in [6.45, 7) is 5.38. The molecule has 1 amide bonds. The van der Waals surface area contributed by atoms with E-state index in [4.69, 9.17) is 4.74 Å². The number of nitrogens with one attached hydrogen (secondary N) is 1. The molecule has 4 nitrogen and oxygen atoms in total. The van der Waals surface area contributed by atoms with Crippen molar-refractivity contribution in [3.05, 3.63) is 65.2 Å². The highest BCUT2D eigenvalue weighted by atomic mass is 16.5. The zero-order valence-corrected chi connectivity index (χ0v) is 12.9. The fourth-order valence-corrected chi connectivity index (χ4v) is 2.14. The molecule has 0 aromatic heterocycles. The molecule has 0 aliphatic rings. The summed E-state index contributed by atoms with van der Waals surface area (Å²) in [4.78, 5) is 24.1. The number of esters is 1. The quantitative estimate of drug-likeness (QED) is 0.879. The summed E-state index contributed by atoms with van der Waals surface area (Å²) < 4.78 is 5.23. The van der Waals surface area contributed by atoms with Crippen LogP contribution < -0.4 is 5.32 Å². The molecule has 2 rings (SSSR count). The van der Waals surface area contributed by atoms with E-state index >= 15 is 0 Å². The minimum absolute atomic E-state index is 0.357. The summed E-state index contributed by atoms with van der Waals surface area (Å²) in [6, 6.07) is 14.5. The van der Waals surface area contributed by atoms with Crippen LogP contribution in [0.25, 0.3) is 0 Å². The van der Waals surface area contributed by atoms with E-state index in [1.54, 1.807) is 31.2 Å². The van der Waals surface area contributed by atoms with Gasteiger partial charge in [0.05, 0.1) is 5.56 Å². The Bertz CT molecular complexity index is 660. The zero-order chi connectivity index (χ0) is 16.1. The molecular formula is C18H19NO3. The van der Waals surface area contributed by atoms with Crippen molar-refractivity contribution in [3.63, 3.8) is 0 Å². The number of para-hydroxylation sites is 1. The van der Waals surface area contributed by atoms with Gasteiger partial charge < -0.3 is 10.1 Å². The number of carbonyl (C=O) groups is 2. The van der Waals surface area contributed by atoms with Gasteiger partial charge in [0, 0.05) is 5.69 Å². The second-order valence-corrected chi connectivity index (χ2v) is 5.28. The summed E-state index contributed by atoms with van der Waals surface area (Å²) >= 11 is 0. The number of rotatable bonds is 4. The van der Waals surface area contributed by atoms with Crippen LogP contribution in [0.15, 0.2) is 48.5 Å². The molecule has 114 valence electrons. The van der Waals surface area contributed by atoms with Gasteiger partial charge in [-0.25, -0.2) is 4.79 Å². The van der Waals surface area contributed by atoms with E-state index in [0.29, 0.717) is 11.3 Å². The largest absolute Gasteiger partial charge is 0.449 e. The molecule has 22 heavy (non-hydrogen) atoms. The van der Waals surface area contributed by atoms with Crippen LogP contribution in [-0.4, -0.2) is 18.0 Å². The molecule has 4 heteroatoms. The standard InChI is InChI=1S/C18H19NO3/c1-12-9-13(2)11-15(10-12)18(21)22-14(3)17(20)19-16-7-5-4-6-8-16/h4-11,14H,1-3H3,(H,19,20)/t14-/m0/s1. The molecule has 0 aliphatic carbocycles. The Morgan fingerprint density at radius 3 is 2.18 bits per heavy atom. The molecule has 2 aromatic rings. The monoisotopic (exact) mass is 297 g/mol. The second kappa shape index (κ2) is 6.89. The van der Waals surface area contributed by atoms with Crippen molar-refractivity contribution in [2.45, 2.75) is 26.9 Å². The third kappa shape index (κ3) is 4.19. The van der Waals surface area contributed by atoms with Gasteiger partial charge in [-0.1, -0.05) is 35.4 Å². The first-order chi connectivity index (χ1) is 10.5. The number of amides is 1. The summed E-state index contributed by atoms with van der Waals surface area (Å²) in [5.74, 6) is -0.855. The van der Waals surface area contributed by atoms with E-state index in [-0.39, 0.29) is 5.91 Å². The lowest BCUT2D eigenvalue weighted by atomic mass is 10.1. The number of anilines is 1. The molecule has 2 aromatic carbocycles. The van der Waals surface area contributed by atoms with E-state index in [1.165, 1.54) is 0 Å². The van der Waals surface area contributed by atoms with E-state index in [2.05, 4.69) is 5.32 Å². The van der Waals surface area contributed by atoms with Gasteiger partial charge in [-0.3, -0.25) is 4.79 Å². The van der Waals surface area contributed by atoms with Gasteiger partial charge in [0.15, 0.2) is 6.10 Å². The van der Waals surface area contributed by atoms with Crippen LogP contribution in [0, 0.1) is 13.8 Å². The minimum atomic E-state index is -0.867. The third-order valence-electron chi connectivity index (χ3n) is 3.15. The van der Waals surface area contributed by atoms with Crippen LogP contribution in [0.5, 0.6) is 0 Å². The summed E-state index contributed by atoms with van der Waals surface area (Å²) in [7, 11) is 0. The molecule has 0 heterocycles. The molecule has 0 saturated carbocycles. The Kier molecular flexibility index (Phi) is 4.94. The maximum absolute atomic E-state index is 12.1. The highest BCUT2D eigenvalue weighted by molar-refractivity contribution is 5.97. The van der Waals surface area contributed by atoms with E-state index in [1.807, 2.05) is 38.1 Å². The predicted molar refractivity (Wildman–Crippen MR) is 85.9 cm³/mol. The van der Waals surface area contributed by atoms with Gasteiger partial charge in [-0.15, -0.1) is 0 Å². The molecule has 0 aliphatic heterocycles. The maximum Gasteiger partial charge on any atom is 0.338 e. The fraction of sp³-hybridized carbons (Fsp3) is 0.222. The Balaban J connectivity index is 2.00. The van der Waals surface area contributed by atoms with E-state index in [9.17, 15) is 9.59 Å². The molecular weight excluding hydrogens is 278 g/mol. The first kappa shape index (κ1) is 15.8. The smallest absolute Gasteiger partial charge is 0.338 e. The molecule has 0 fully saturated rings. The average molecular weight is 297 g/mol. The number of hydrogen-bond donors (Lipinski definition) is 1. The van der Waals surface area contributed by atoms with Crippen molar-refractivity contribution in [2.24, 2.45) is 0 Å². The molecule has 0 spiro atoms. The normalized spacial score (nSPS) is 11.6. The molecule has 0 radical (unpaired) electrons. The highest BCUT2D eigenvalue weighted by Gasteiger charge is 2.19. The number of ether oxygens (including phenoxy) is 1. The Morgan fingerprint density at radius 1 is 1.00 bits per heavy atom. The van der Waals surface area contributed by atoms with Crippen molar-refractivity contribution in [1.29, 1.82) is 0 Å². The van der Waals surface area contributed by atoms with Crippen LogP contribution in [0.4, 0.5) is 5.69 Å².